The number of hydrogen-bond donors (Lipinski definition) is 2. The van der Waals surface area contributed by atoms with Gasteiger partial charge in [-0.3, -0.25) is 4.79 Å². The Labute approximate surface area is 189 Å². The summed E-state index contributed by atoms with van der Waals surface area (Å²) < 4.78 is 37.4. The van der Waals surface area contributed by atoms with E-state index >= 15 is 0 Å². The van der Waals surface area contributed by atoms with Crippen LogP contribution in [0.1, 0.15) is 47.0 Å². The number of rotatable bonds is 7. The molecule has 32 heavy (non-hydrogen) atoms. The molecule has 0 bridgehead atoms. The van der Waals surface area contributed by atoms with E-state index in [4.69, 9.17) is 14.4 Å². The molecule has 0 unspecified atom stereocenters. The zero-order chi connectivity index (χ0) is 23.7. The first-order valence-corrected chi connectivity index (χ1v) is 12.5. The molecule has 1 aromatic heterocycles. The fourth-order valence-electron chi connectivity index (χ4n) is 3.79. The van der Waals surface area contributed by atoms with Crippen molar-refractivity contribution >= 4 is 28.3 Å². The standard InChI is InChI=1S/C20H32BN3O7S/c1-19(2)20(3,4)31-21(30-19)15-10-22-18(23-11-15)32(28,29)9-7-14-6-5-8-24(12-14)17(27)16(26)13-25/h10-11,14,16,25-26H,5-9,12-13H2,1-4H3/t14-,16-/m0/s1. The molecule has 2 N–H and O–H groups in total. The van der Waals surface area contributed by atoms with Gasteiger partial charge in [0.05, 0.1) is 23.6 Å². The van der Waals surface area contributed by atoms with Crippen LogP contribution in [0.5, 0.6) is 0 Å². The molecular weight excluding hydrogens is 437 g/mol. The van der Waals surface area contributed by atoms with Gasteiger partial charge in [0.2, 0.25) is 15.0 Å². The maximum Gasteiger partial charge on any atom is 0.498 e. The van der Waals surface area contributed by atoms with Crippen LogP contribution in [0.15, 0.2) is 17.6 Å². The third-order valence-corrected chi connectivity index (χ3v) is 8.08. The summed E-state index contributed by atoms with van der Waals surface area (Å²) in [4.78, 5) is 21.7. The van der Waals surface area contributed by atoms with E-state index in [2.05, 4.69) is 9.97 Å². The average Bonchev–Trinajstić information content (AvgIpc) is 2.98. The van der Waals surface area contributed by atoms with Gasteiger partial charge in [-0.1, -0.05) is 0 Å². The number of carbonyl (C=O) groups excluding carboxylic acids is 1. The number of piperidine rings is 1. The van der Waals surface area contributed by atoms with Crippen LogP contribution < -0.4 is 5.46 Å². The minimum atomic E-state index is -3.70. The summed E-state index contributed by atoms with van der Waals surface area (Å²) in [7, 11) is -4.37. The lowest BCUT2D eigenvalue weighted by atomic mass is 9.81. The van der Waals surface area contributed by atoms with Crippen molar-refractivity contribution in [2.75, 3.05) is 25.4 Å². The molecule has 0 radical (unpaired) electrons. The van der Waals surface area contributed by atoms with Crippen molar-refractivity contribution in [3.63, 3.8) is 0 Å². The topological polar surface area (TPSA) is 139 Å². The van der Waals surface area contributed by atoms with E-state index in [9.17, 15) is 18.3 Å². The largest absolute Gasteiger partial charge is 0.498 e. The Bertz CT molecular complexity index is 908. The van der Waals surface area contributed by atoms with Crippen molar-refractivity contribution in [1.29, 1.82) is 0 Å². The first-order chi connectivity index (χ1) is 14.9. The minimum absolute atomic E-state index is 0.0163. The van der Waals surface area contributed by atoms with Crippen LogP contribution in [-0.2, 0) is 23.9 Å². The number of sulfone groups is 1. The summed E-state index contributed by atoms with van der Waals surface area (Å²) in [6.45, 7) is 7.92. The molecule has 2 aliphatic heterocycles. The molecule has 2 aliphatic rings. The first-order valence-electron chi connectivity index (χ1n) is 10.8. The van der Waals surface area contributed by atoms with Crippen LogP contribution in [0, 0.1) is 5.92 Å². The highest BCUT2D eigenvalue weighted by Gasteiger charge is 2.52. The van der Waals surface area contributed by atoms with Gasteiger partial charge in [-0.05, 0) is 52.9 Å². The number of nitrogens with zero attached hydrogens (tertiary/aromatic N) is 3. The molecule has 3 rings (SSSR count). The van der Waals surface area contributed by atoms with Gasteiger partial charge in [-0.15, -0.1) is 0 Å². The lowest BCUT2D eigenvalue weighted by molar-refractivity contribution is -0.144. The van der Waals surface area contributed by atoms with Crippen LogP contribution in [0.2, 0.25) is 0 Å². The molecule has 0 aromatic carbocycles. The average molecular weight is 469 g/mol. The Hall–Kier alpha value is -1.60. The maximum absolute atomic E-state index is 12.7. The number of carbonyl (C=O) groups is 1. The van der Waals surface area contributed by atoms with Crippen molar-refractivity contribution < 1.29 is 32.7 Å². The molecule has 0 aliphatic carbocycles. The summed E-state index contributed by atoms with van der Waals surface area (Å²) in [5.74, 6) is -0.683. The Morgan fingerprint density at radius 3 is 2.41 bits per heavy atom. The van der Waals surface area contributed by atoms with Crippen LogP contribution in [-0.4, -0.2) is 89.3 Å². The molecule has 1 amide bonds. The van der Waals surface area contributed by atoms with E-state index in [0.29, 0.717) is 31.4 Å². The molecule has 1 aromatic rings. The summed E-state index contributed by atoms with van der Waals surface area (Å²) in [6, 6.07) is 0. The summed E-state index contributed by atoms with van der Waals surface area (Å²) >= 11 is 0. The third kappa shape index (κ3) is 5.31. The van der Waals surface area contributed by atoms with Gasteiger partial charge in [-0.25, -0.2) is 18.4 Å². The lowest BCUT2D eigenvalue weighted by Gasteiger charge is -2.33. The highest BCUT2D eigenvalue weighted by atomic mass is 32.2. The second-order valence-electron chi connectivity index (χ2n) is 9.49. The van der Waals surface area contributed by atoms with Crippen molar-refractivity contribution in [2.45, 2.75) is 69.4 Å². The van der Waals surface area contributed by atoms with Crippen LogP contribution in [0.4, 0.5) is 0 Å². The van der Waals surface area contributed by atoms with Crippen LogP contribution >= 0.6 is 0 Å². The molecule has 2 atom stereocenters. The van der Waals surface area contributed by atoms with Gasteiger partial charge in [0.25, 0.3) is 5.91 Å². The second-order valence-corrected chi connectivity index (χ2v) is 11.5. The summed E-state index contributed by atoms with van der Waals surface area (Å²) in [5.41, 5.74) is -0.498. The monoisotopic (exact) mass is 469 g/mol. The fourth-order valence-corrected chi connectivity index (χ4v) is 5.04. The maximum atomic E-state index is 12.7. The molecular formula is C20H32BN3O7S. The van der Waals surface area contributed by atoms with Gasteiger partial charge in [0.15, 0.2) is 6.10 Å². The number of aromatic nitrogens is 2. The van der Waals surface area contributed by atoms with E-state index in [1.807, 2.05) is 27.7 Å². The molecule has 178 valence electrons. The van der Waals surface area contributed by atoms with Gasteiger partial charge in [0.1, 0.15) is 0 Å². The third-order valence-electron chi connectivity index (χ3n) is 6.54. The van der Waals surface area contributed by atoms with Crippen molar-refractivity contribution in [2.24, 2.45) is 5.92 Å². The number of likely N-dealkylation sites (tertiary alicyclic amines) is 1. The zero-order valence-electron chi connectivity index (χ0n) is 19.0. The van der Waals surface area contributed by atoms with Crippen LogP contribution in [0.3, 0.4) is 0 Å². The van der Waals surface area contributed by atoms with Crippen LogP contribution in [0.25, 0.3) is 0 Å². The fraction of sp³-hybridized carbons (Fsp3) is 0.750. The minimum Gasteiger partial charge on any atom is -0.399 e. The molecule has 2 saturated heterocycles. The van der Waals surface area contributed by atoms with E-state index in [1.165, 1.54) is 17.3 Å². The zero-order valence-corrected chi connectivity index (χ0v) is 19.8. The van der Waals surface area contributed by atoms with Crippen molar-refractivity contribution in [1.82, 2.24) is 14.9 Å². The van der Waals surface area contributed by atoms with E-state index < -0.39 is 46.8 Å². The molecule has 0 spiro atoms. The number of aliphatic hydroxyl groups excluding tert-OH is 2. The number of amides is 1. The summed E-state index contributed by atoms with van der Waals surface area (Å²) in [6.07, 6.45) is 3.25. The Morgan fingerprint density at radius 2 is 1.84 bits per heavy atom. The highest BCUT2D eigenvalue weighted by molar-refractivity contribution is 7.91. The van der Waals surface area contributed by atoms with Gasteiger partial charge in [0, 0.05) is 30.9 Å². The van der Waals surface area contributed by atoms with Crippen molar-refractivity contribution in [3.05, 3.63) is 12.4 Å². The molecule has 12 heteroatoms. The van der Waals surface area contributed by atoms with Crippen molar-refractivity contribution in [3.8, 4) is 0 Å². The second kappa shape index (κ2) is 9.34. The van der Waals surface area contributed by atoms with E-state index in [0.717, 1.165) is 6.42 Å². The molecule has 2 fully saturated rings. The predicted molar refractivity (Wildman–Crippen MR) is 117 cm³/mol. The Kier molecular flexibility index (Phi) is 7.31. The smallest absolute Gasteiger partial charge is 0.399 e. The molecule has 10 nitrogen and oxygen atoms in total. The Morgan fingerprint density at radius 1 is 1.25 bits per heavy atom. The van der Waals surface area contributed by atoms with Gasteiger partial charge < -0.3 is 24.4 Å². The lowest BCUT2D eigenvalue weighted by Crippen LogP contribution is -2.46. The Balaban J connectivity index is 1.60. The van der Waals surface area contributed by atoms with Gasteiger partial charge >= 0.3 is 7.12 Å². The molecule has 3 heterocycles. The quantitative estimate of drug-likeness (QED) is 0.401. The van der Waals surface area contributed by atoms with E-state index in [1.54, 1.807) is 0 Å². The SMILES string of the molecule is CC1(C)OB(c2cnc(S(=O)(=O)CC[C@@H]3CCCN(C(=O)[C@@H](O)CO)C3)nc2)OC1(C)C. The highest BCUT2D eigenvalue weighted by Crippen LogP contribution is 2.36. The first kappa shape index (κ1) is 25.0. The van der Waals surface area contributed by atoms with E-state index in [-0.39, 0.29) is 16.8 Å². The number of hydrogen-bond acceptors (Lipinski definition) is 9. The predicted octanol–water partition coefficient (Wildman–Crippen LogP) is -0.469. The summed E-state index contributed by atoms with van der Waals surface area (Å²) in [5, 5.41) is 18.3. The number of aliphatic hydroxyl groups is 2. The normalized spacial score (nSPS) is 23.9. The van der Waals surface area contributed by atoms with Gasteiger partial charge in [-0.2, -0.15) is 0 Å². The molecule has 0 saturated carbocycles.